The molecule has 2 aromatic rings. The monoisotopic (exact) mass is 391 g/mol. The van der Waals surface area contributed by atoms with Gasteiger partial charge < -0.3 is 10.6 Å². The Morgan fingerprint density at radius 1 is 0.962 bits per heavy atom. The molecule has 2 amide bonds. The summed E-state index contributed by atoms with van der Waals surface area (Å²) in [5, 5.41) is 6.57. The van der Waals surface area contributed by atoms with E-state index in [4.69, 9.17) is 23.2 Å². The molecular formula is C19H19Cl2N3O2. The van der Waals surface area contributed by atoms with Gasteiger partial charge in [0.1, 0.15) is 5.69 Å². The van der Waals surface area contributed by atoms with E-state index in [1.165, 1.54) is 18.7 Å². The summed E-state index contributed by atoms with van der Waals surface area (Å²) in [6, 6.07) is 8.01. The fourth-order valence-corrected chi connectivity index (χ4v) is 3.56. The van der Waals surface area contributed by atoms with Crippen molar-refractivity contribution >= 4 is 40.7 Å². The number of carbonyl (C=O) groups is 2. The van der Waals surface area contributed by atoms with Crippen LogP contribution in [0.1, 0.15) is 53.0 Å². The first kappa shape index (κ1) is 18.7. The Morgan fingerprint density at radius 2 is 1.65 bits per heavy atom. The lowest BCUT2D eigenvalue weighted by Crippen LogP contribution is -2.36. The van der Waals surface area contributed by atoms with Gasteiger partial charge in [0.15, 0.2) is 0 Å². The normalized spacial score (nSPS) is 14.7. The van der Waals surface area contributed by atoms with E-state index in [0.717, 1.165) is 25.7 Å². The lowest BCUT2D eigenvalue weighted by Gasteiger charge is -2.22. The third kappa shape index (κ3) is 4.96. The van der Waals surface area contributed by atoms with Gasteiger partial charge in [0.25, 0.3) is 11.8 Å². The van der Waals surface area contributed by atoms with Crippen LogP contribution >= 0.6 is 23.2 Å². The Bertz CT molecular complexity index is 800. The molecular weight excluding hydrogens is 373 g/mol. The van der Waals surface area contributed by atoms with Gasteiger partial charge in [-0.25, -0.2) is 0 Å². The number of nitrogens with one attached hydrogen (secondary N) is 2. The molecule has 26 heavy (non-hydrogen) atoms. The standard InChI is InChI=1S/C19H19Cl2N3O2/c20-13-9-14(21)11-16(10-13)24-18(25)12-6-7-22-17(8-12)19(26)23-15-4-2-1-3-5-15/h6-11,15H,1-5H2,(H,23,26)(H,24,25). The minimum atomic E-state index is -0.363. The van der Waals surface area contributed by atoms with Crippen molar-refractivity contribution < 1.29 is 9.59 Å². The van der Waals surface area contributed by atoms with E-state index < -0.39 is 0 Å². The van der Waals surface area contributed by atoms with Gasteiger partial charge in [-0.15, -0.1) is 0 Å². The molecule has 5 nitrogen and oxygen atoms in total. The molecule has 0 radical (unpaired) electrons. The maximum Gasteiger partial charge on any atom is 0.270 e. The summed E-state index contributed by atoms with van der Waals surface area (Å²) >= 11 is 11.9. The number of hydrogen-bond donors (Lipinski definition) is 2. The van der Waals surface area contributed by atoms with Gasteiger partial charge in [-0.1, -0.05) is 42.5 Å². The Labute approximate surface area is 162 Å². The van der Waals surface area contributed by atoms with Crippen molar-refractivity contribution in [3.05, 3.63) is 57.8 Å². The van der Waals surface area contributed by atoms with Gasteiger partial charge in [-0.2, -0.15) is 0 Å². The van der Waals surface area contributed by atoms with Crippen molar-refractivity contribution in [2.24, 2.45) is 0 Å². The number of amides is 2. The molecule has 0 bridgehead atoms. The molecule has 3 rings (SSSR count). The smallest absolute Gasteiger partial charge is 0.270 e. The Balaban J connectivity index is 1.69. The summed E-state index contributed by atoms with van der Waals surface area (Å²) in [6.07, 6.45) is 6.90. The van der Waals surface area contributed by atoms with Crippen molar-refractivity contribution in [1.29, 1.82) is 0 Å². The topological polar surface area (TPSA) is 71.1 Å². The lowest BCUT2D eigenvalue weighted by atomic mass is 9.95. The van der Waals surface area contributed by atoms with Crippen LogP contribution in [0, 0.1) is 0 Å². The second kappa shape index (κ2) is 8.52. The van der Waals surface area contributed by atoms with Crippen LogP contribution in [0.5, 0.6) is 0 Å². The molecule has 1 aliphatic rings. The zero-order chi connectivity index (χ0) is 18.5. The summed E-state index contributed by atoms with van der Waals surface area (Å²) in [7, 11) is 0. The van der Waals surface area contributed by atoms with Crippen molar-refractivity contribution in [2.45, 2.75) is 38.1 Å². The molecule has 1 fully saturated rings. The molecule has 2 N–H and O–H groups in total. The van der Waals surface area contributed by atoms with Gasteiger partial charge in [-0.05, 0) is 43.2 Å². The molecule has 1 aromatic carbocycles. The predicted molar refractivity (Wildman–Crippen MR) is 103 cm³/mol. The van der Waals surface area contributed by atoms with Gasteiger partial charge in [0.2, 0.25) is 0 Å². The maximum absolute atomic E-state index is 12.4. The molecule has 1 heterocycles. The fourth-order valence-electron chi connectivity index (χ4n) is 3.03. The molecule has 0 spiro atoms. The number of nitrogens with zero attached hydrogens (tertiary/aromatic N) is 1. The summed E-state index contributed by atoms with van der Waals surface area (Å²) in [5.41, 5.74) is 1.05. The van der Waals surface area contributed by atoms with Crippen molar-refractivity contribution in [3.8, 4) is 0 Å². The number of hydrogen-bond acceptors (Lipinski definition) is 3. The van der Waals surface area contributed by atoms with Crippen LogP contribution in [-0.4, -0.2) is 22.8 Å². The molecule has 0 saturated heterocycles. The first-order chi connectivity index (χ1) is 12.5. The van der Waals surface area contributed by atoms with Crippen molar-refractivity contribution in [3.63, 3.8) is 0 Å². The summed E-state index contributed by atoms with van der Waals surface area (Å²) in [6.45, 7) is 0. The highest BCUT2D eigenvalue weighted by Crippen LogP contribution is 2.23. The van der Waals surface area contributed by atoms with Crippen LogP contribution in [0.25, 0.3) is 0 Å². The van der Waals surface area contributed by atoms with Crippen LogP contribution in [0.15, 0.2) is 36.5 Å². The van der Waals surface area contributed by atoms with Crippen LogP contribution < -0.4 is 10.6 Å². The molecule has 136 valence electrons. The third-order valence-corrected chi connectivity index (χ3v) is 4.75. The van der Waals surface area contributed by atoms with Gasteiger partial charge in [0.05, 0.1) is 0 Å². The van der Waals surface area contributed by atoms with E-state index in [-0.39, 0.29) is 23.6 Å². The highest BCUT2D eigenvalue weighted by Gasteiger charge is 2.18. The average molecular weight is 392 g/mol. The number of rotatable bonds is 4. The number of pyridine rings is 1. The average Bonchev–Trinajstić information content (AvgIpc) is 2.62. The maximum atomic E-state index is 12.4. The van der Waals surface area contributed by atoms with Gasteiger partial charge >= 0.3 is 0 Å². The second-order valence-electron chi connectivity index (χ2n) is 6.35. The first-order valence-electron chi connectivity index (χ1n) is 8.55. The molecule has 1 saturated carbocycles. The number of carbonyl (C=O) groups excluding carboxylic acids is 2. The summed E-state index contributed by atoms with van der Waals surface area (Å²) in [5.74, 6) is -0.616. The van der Waals surface area contributed by atoms with E-state index in [9.17, 15) is 9.59 Å². The SMILES string of the molecule is O=C(Nc1cc(Cl)cc(Cl)c1)c1ccnc(C(=O)NC2CCCCC2)c1. The van der Waals surface area contributed by atoms with Gasteiger partial charge in [0, 0.05) is 33.5 Å². The van der Waals surface area contributed by atoms with E-state index in [1.807, 2.05) is 0 Å². The summed E-state index contributed by atoms with van der Waals surface area (Å²) in [4.78, 5) is 28.9. The molecule has 7 heteroatoms. The lowest BCUT2D eigenvalue weighted by molar-refractivity contribution is 0.0922. The highest BCUT2D eigenvalue weighted by atomic mass is 35.5. The molecule has 1 aliphatic carbocycles. The predicted octanol–water partition coefficient (Wildman–Crippen LogP) is 4.70. The van der Waals surface area contributed by atoms with E-state index in [2.05, 4.69) is 15.6 Å². The van der Waals surface area contributed by atoms with Crippen LogP contribution in [-0.2, 0) is 0 Å². The summed E-state index contributed by atoms with van der Waals surface area (Å²) < 4.78 is 0. The zero-order valence-corrected chi connectivity index (χ0v) is 15.6. The molecule has 1 aromatic heterocycles. The van der Waals surface area contributed by atoms with Crippen LogP contribution in [0.2, 0.25) is 10.0 Å². The second-order valence-corrected chi connectivity index (χ2v) is 7.22. The Kier molecular flexibility index (Phi) is 6.12. The van der Waals surface area contributed by atoms with E-state index in [0.29, 0.717) is 21.3 Å². The van der Waals surface area contributed by atoms with Crippen LogP contribution in [0.4, 0.5) is 5.69 Å². The van der Waals surface area contributed by atoms with Crippen LogP contribution in [0.3, 0.4) is 0 Å². The minimum Gasteiger partial charge on any atom is -0.348 e. The Morgan fingerprint density at radius 3 is 2.35 bits per heavy atom. The molecule has 0 aliphatic heterocycles. The first-order valence-corrected chi connectivity index (χ1v) is 9.31. The largest absolute Gasteiger partial charge is 0.348 e. The molecule has 0 atom stereocenters. The number of halogens is 2. The van der Waals surface area contributed by atoms with Crippen molar-refractivity contribution in [2.75, 3.05) is 5.32 Å². The number of anilines is 1. The minimum absolute atomic E-state index is 0.184. The van der Waals surface area contributed by atoms with E-state index >= 15 is 0 Å². The van der Waals surface area contributed by atoms with Crippen molar-refractivity contribution in [1.82, 2.24) is 10.3 Å². The van der Waals surface area contributed by atoms with Gasteiger partial charge in [-0.3, -0.25) is 14.6 Å². The zero-order valence-electron chi connectivity index (χ0n) is 14.1. The quantitative estimate of drug-likeness (QED) is 0.792. The third-order valence-electron chi connectivity index (χ3n) is 4.32. The molecule has 0 unspecified atom stereocenters. The fraction of sp³-hybridized carbons (Fsp3) is 0.316. The highest BCUT2D eigenvalue weighted by molar-refractivity contribution is 6.35. The number of aromatic nitrogens is 1. The Hall–Kier alpha value is -2.11. The number of benzene rings is 1. The van der Waals surface area contributed by atoms with E-state index in [1.54, 1.807) is 24.3 Å².